The number of allylic oxidation sites excluding steroid dienone is 2. The third-order valence-electron chi connectivity index (χ3n) is 7.15. The Balaban J connectivity index is 0.00000245. The zero-order valence-corrected chi connectivity index (χ0v) is 20.9. The van der Waals surface area contributed by atoms with Gasteiger partial charge in [-0.1, -0.05) is 58.0 Å². The summed E-state index contributed by atoms with van der Waals surface area (Å²) in [5.74, 6) is 1.85. The summed E-state index contributed by atoms with van der Waals surface area (Å²) in [4.78, 5) is 4.95. The van der Waals surface area contributed by atoms with Crippen LogP contribution in [0.1, 0.15) is 70.8 Å². The Morgan fingerprint density at radius 2 is 1.72 bits per heavy atom. The topological polar surface area (TPSA) is 24.9 Å². The molecule has 2 aliphatic carbocycles. The van der Waals surface area contributed by atoms with Crippen LogP contribution in [0.4, 0.5) is 0 Å². The zero-order valence-electron chi connectivity index (χ0n) is 20.1. The highest BCUT2D eigenvalue weighted by molar-refractivity contribution is 5.85. The number of hydrogen-bond donors (Lipinski definition) is 0. The van der Waals surface area contributed by atoms with E-state index in [4.69, 9.17) is 9.47 Å². The van der Waals surface area contributed by atoms with E-state index in [2.05, 4.69) is 67.8 Å². The van der Waals surface area contributed by atoms with Gasteiger partial charge in [0.1, 0.15) is 6.26 Å². The molecule has 4 nitrogen and oxygen atoms in total. The summed E-state index contributed by atoms with van der Waals surface area (Å²) >= 11 is 0. The van der Waals surface area contributed by atoms with Crippen LogP contribution < -0.4 is 0 Å². The molecule has 1 saturated heterocycles. The molecule has 0 radical (unpaired) electrons. The van der Waals surface area contributed by atoms with Crippen molar-refractivity contribution in [3.05, 3.63) is 53.6 Å². The first-order valence-electron chi connectivity index (χ1n) is 12.1. The van der Waals surface area contributed by atoms with Crippen LogP contribution in [-0.4, -0.2) is 42.5 Å². The first-order chi connectivity index (χ1) is 14.8. The predicted molar refractivity (Wildman–Crippen MR) is 132 cm³/mol. The van der Waals surface area contributed by atoms with E-state index in [0.29, 0.717) is 5.41 Å². The number of ether oxygens (including phenoxy) is 2. The molecule has 2 fully saturated rings. The van der Waals surface area contributed by atoms with Gasteiger partial charge in [0.2, 0.25) is 5.88 Å². The van der Waals surface area contributed by atoms with Crippen molar-refractivity contribution in [3.8, 4) is 0 Å². The smallest absolute Gasteiger partial charge is 0.269 e. The van der Waals surface area contributed by atoms with E-state index < -0.39 is 0 Å². The lowest BCUT2D eigenvalue weighted by atomic mass is 9.65. The van der Waals surface area contributed by atoms with Crippen molar-refractivity contribution < 1.29 is 9.47 Å². The van der Waals surface area contributed by atoms with Crippen LogP contribution in [0, 0.1) is 16.7 Å². The molecule has 1 aromatic rings. The molecular weight excluding hydrogens is 420 g/mol. The van der Waals surface area contributed by atoms with E-state index >= 15 is 0 Å². The fraction of sp³-hybridized carbons (Fsp3) is 0.630. The summed E-state index contributed by atoms with van der Waals surface area (Å²) in [6.07, 6.45) is 9.09. The Morgan fingerprint density at radius 1 is 1.00 bits per heavy atom. The normalized spacial score (nSPS) is 27.0. The van der Waals surface area contributed by atoms with Crippen molar-refractivity contribution in [1.82, 2.24) is 9.80 Å². The molecule has 2 aliphatic heterocycles. The number of benzene rings is 1. The lowest BCUT2D eigenvalue weighted by molar-refractivity contribution is -0.0564. The third-order valence-corrected chi connectivity index (χ3v) is 7.15. The van der Waals surface area contributed by atoms with E-state index in [1.54, 1.807) is 0 Å². The molecule has 1 unspecified atom stereocenters. The molecule has 0 spiro atoms. The van der Waals surface area contributed by atoms with E-state index in [9.17, 15) is 0 Å². The molecular formula is C27H39ClN2O2. The molecule has 32 heavy (non-hydrogen) atoms. The van der Waals surface area contributed by atoms with Crippen LogP contribution in [-0.2, 0) is 9.47 Å². The SMILES string of the molecule is CC1(C)C=C(c2ccccc2C2OC=C(N3CCN(CC4CC4)CC3)O2)CC(C)(C)C1.Cl. The summed E-state index contributed by atoms with van der Waals surface area (Å²) in [6.45, 7) is 15.0. The van der Waals surface area contributed by atoms with Gasteiger partial charge in [0.05, 0.1) is 0 Å². The molecule has 1 aromatic carbocycles. The van der Waals surface area contributed by atoms with Crippen LogP contribution >= 0.6 is 12.4 Å². The highest BCUT2D eigenvalue weighted by Crippen LogP contribution is 2.48. The number of halogens is 1. The first kappa shape index (κ1) is 23.5. The highest BCUT2D eigenvalue weighted by Gasteiger charge is 2.36. The van der Waals surface area contributed by atoms with Gasteiger partial charge in [0, 0.05) is 38.3 Å². The molecule has 2 heterocycles. The number of piperazine rings is 1. The van der Waals surface area contributed by atoms with E-state index in [1.807, 2.05) is 6.26 Å². The summed E-state index contributed by atoms with van der Waals surface area (Å²) in [6, 6.07) is 8.64. The molecule has 1 atom stereocenters. The molecule has 4 aliphatic rings. The Morgan fingerprint density at radius 3 is 2.41 bits per heavy atom. The third kappa shape index (κ3) is 5.28. The first-order valence-corrected chi connectivity index (χ1v) is 12.1. The maximum atomic E-state index is 6.37. The van der Waals surface area contributed by atoms with Gasteiger partial charge in [-0.2, -0.15) is 0 Å². The summed E-state index contributed by atoms with van der Waals surface area (Å²) in [5.41, 5.74) is 4.33. The van der Waals surface area contributed by atoms with Crippen molar-refractivity contribution in [2.45, 2.75) is 59.7 Å². The van der Waals surface area contributed by atoms with Gasteiger partial charge in [0.15, 0.2) is 0 Å². The van der Waals surface area contributed by atoms with Crippen LogP contribution in [0.3, 0.4) is 0 Å². The average molecular weight is 459 g/mol. The Bertz CT molecular complexity index is 879. The predicted octanol–water partition coefficient (Wildman–Crippen LogP) is 6.21. The lowest BCUT2D eigenvalue weighted by Gasteiger charge is -2.40. The molecule has 176 valence electrons. The van der Waals surface area contributed by atoms with Crippen molar-refractivity contribution in [2.75, 3.05) is 32.7 Å². The summed E-state index contributed by atoms with van der Waals surface area (Å²) in [7, 11) is 0. The maximum Gasteiger partial charge on any atom is 0.269 e. The van der Waals surface area contributed by atoms with E-state index in [-0.39, 0.29) is 24.1 Å². The second-order valence-electron chi connectivity index (χ2n) is 11.5. The van der Waals surface area contributed by atoms with Crippen molar-refractivity contribution in [2.24, 2.45) is 16.7 Å². The van der Waals surface area contributed by atoms with Crippen LogP contribution in [0.5, 0.6) is 0 Å². The molecule has 0 N–H and O–H groups in total. The molecule has 1 saturated carbocycles. The van der Waals surface area contributed by atoms with Gasteiger partial charge < -0.3 is 14.4 Å². The summed E-state index contributed by atoms with van der Waals surface area (Å²) < 4.78 is 12.4. The van der Waals surface area contributed by atoms with Crippen molar-refractivity contribution >= 4 is 18.0 Å². The largest absolute Gasteiger partial charge is 0.453 e. The molecule has 5 heteroatoms. The Labute approximate surface area is 200 Å². The number of nitrogens with zero attached hydrogens (tertiary/aromatic N) is 2. The number of rotatable bonds is 5. The van der Waals surface area contributed by atoms with Gasteiger partial charge in [0.25, 0.3) is 6.29 Å². The van der Waals surface area contributed by atoms with Crippen LogP contribution in [0.25, 0.3) is 5.57 Å². The standard InChI is InChI=1S/C27H38N2O2.ClH/c1-26(2)15-21(16-27(3,4)19-26)22-7-5-6-8-23(22)25-30-18-24(31-25)29-13-11-28(12-14-29)17-20-9-10-20;/h5-8,15,18,20,25H,9-14,16-17,19H2,1-4H3;1H. The number of hydrogen-bond acceptors (Lipinski definition) is 4. The van der Waals surface area contributed by atoms with Crippen LogP contribution in [0.2, 0.25) is 0 Å². The molecule has 0 bridgehead atoms. The second-order valence-corrected chi connectivity index (χ2v) is 11.5. The van der Waals surface area contributed by atoms with Gasteiger partial charge >= 0.3 is 0 Å². The Kier molecular flexibility index (Phi) is 6.57. The molecule has 0 aromatic heterocycles. The molecule has 5 rings (SSSR count). The van der Waals surface area contributed by atoms with Gasteiger partial charge in [-0.05, 0) is 53.6 Å². The average Bonchev–Trinajstić information content (AvgIpc) is 3.38. The van der Waals surface area contributed by atoms with Gasteiger partial charge in [-0.15, -0.1) is 12.4 Å². The quantitative estimate of drug-likeness (QED) is 0.523. The van der Waals surface area contributed by atoms with Crippen molar-refractivity contribution in [3.63, 3.8) is 0 Å². The molecule has 0 amide bonds. The second kappa shape index (κ2) is 8.95. The van der Waals surface area contributed by atoms with Gasteiger partial charge in [-0.25, -0.2) is 0 Å². The lowest BCUT2D eigenvalue weighted by Crippen LogP contribution is -2.46. The summed E-state index contributed by atoms with van der Waals surface area (Å²) in [5, 5.41) is 0. The minimum absolute atomic E-state index is 0. The minimum atomic E-state index is -0.357. The van der Waals surface area contributed by atoms with Crippen LogP contribution in [0.15, 0.2) is 42.5 Å². The zero-order chi connectivity index (χ0) is 21.6. The van der Waals surface area contributed by atoms with E-state index in [0.717, 1.165) is 50.0 Å². The fourth-order valence-corrected chi connectivity index (χ4v) is 5.94. The monoisotopic (exact) mass is 458 g/mol. The fourth-order valence-electron chi connectivity index (χ4n) is 5.94. The van der Waals surface area contributed by atoms with Gasteiger partial charge in [-0.3, -0.25) is 4.90 Å². The highest BCUT2D eigenvalue weighted by atomic mass is 35.5. The Hall–Kier alpha value is -1.65. The maximum absolute atomic E-state index is 6.37. The minimum Gasteiger partial charge on any atom is -0.453 e. The van der Waals surface area contributed by atoms with E-state index in [1.165, 1.54) is 36.9 Å². The van der Waals surface area contributed by atoms with Crippen molar-refractivity contribution in [1.29, 1.82) is 0 Å².